The Labute approximate surface area is 101 Å². The Kier molecular flexibility index (Phi) is 3.88. The molecule has 0 bridgehead atoms. The second-order valence-electron chi connectivity index (χ2n) is 4.47. The van der Waals surface area contributed by atoms with Gasteiger partial charge in [0.05, 0.1) is 17.1 Å². The lowest BCUT2D eigenvalue weighted by Crippen LogP contribution is -2.30. The molecule has 1 aromatic rings. The average Bonchev–Trinajstić information content (AvgIpc) is 2.28. The van der Waals surface area contributed by atoms with E-state index in [1.54, 1.807) is 7.05 Å². The number of anilines is 2. The Hall–Kier alpha value is -1.85. The molecule has 0 radical (unpaired) electrons. The predicted octanol–water partition coefficient (Wildman–Crippen LogP) is 2.63. The summed E-state index contributed by atoms with van der Waals surface area (Å²) in [5, 5.41) is 16.8. The van der Waals surface area contributed by atoms with Gasteiger partial charge in [-0.2, -0.15) is 0 Å². The minimum Gasteiger partial charge on any atom is -0.373 e. The molecular formula is C11H18N4O2. The highest BCUT2D eigenvalue weighted by atomic mass is 16.6. The van der Waals surface area contributed by atoms with Crippen LogP contribution < -0.4 is 10.6 Å². The van der Waals surface area contributed by atoms with Crippen LogP contribution in [-0.4, -0.2) is 22.5 Å². The third-order valence-electron chi connectivity index (χ3n) is 2.63. The van der Waals surface area contributed by atoms with Crippen LogP contribution in [0.4, 0.5) is 17.3 Å². The van der Waals surface area contributed by atoms with Gasteiger partial charge in [-0.25, -0.2) is 4.98 Å². The van der Waals surface area contributed by atoms with Gasteiger partial charge in [0.15, 0.2) is 0 Å². The molecule has 0 amide bonds. The van der Waals surface area contributed by atoms with E-state index in [9.17, 15) is 10.1 Å². The van der Waals surface area contributed by atoms with E-state index < -0.39 is 4.92 Å². The van der Waals surface area contributed by atoms with Gasteiger partial charge in [0.2, 0.25) is 0 Å². The van der Waals surface area contributed by atoms with E-state index in [2.05, 4.69) is 15.6 Å². The number of hydrogen-bond donors (Lipinski definition) is 2. The van der Waals surface area contributed by atoms with Crippen molar-refractivity contribution < 1.29 is 4.92 Å². The molecule has 0 fully saturated rings. The van der Waals surface area contributed by atoms with Crippen LogP contribution in [0.25, 0.3) is 0 Å². The molecule has 0 saturated carbocycles. The molecule has 17 heavy (non-hydrogen) atoms. The number of nitro groups is 1. The monoisotopic (exact) mass is 238 g/mol. The average molecular weight is 238 g/mol. The van der Waals surface area contributed by atoms with Crippen LogP contribution in [0.3, 0.4) is 0 Å². The quantitative estimate of drug-likeness (QED) is 0.609. The molecule has 0 unspecified atom stereocenters. The lowest BCUT2D eigenvalue weighted by molar-refractivity contribution is -0.384. The maximum Gasteiger partial charge on any atom is 0.276 e. The van der Waals surface area contributed by atoms with Gasteiger partial charge in [-0.1, -0.05) is 6.92 Å². The highest BCUT2D eigenvalue weighted by Gasteiger charge is 2.17. The molecule has 0 aromatic carbocycles. The summed E-state index contributed by atoms with van der Waals surface area (Å²) in [6.07, 6.45) is 0.895. The third kappa shape index (κ3) is 3.58. The second-order valence-corrected chi connectivity index (χ2v) is 4.47. The standard InChI is InChI=1S/C11H18N4O2/c1-5-11(2,3)14-10-7-8(15(16)17)6-9(12-4)13-10/h6-7H,5H2,1-4H3,(H2,12,13,14). The van der Waals surface area contributed by atoms with Crippen LogP contribution in [0, 0.1) is 10.1 Å². The van der Waals surface area contributed by atoms with E-state index in [1.165, 1.54) is 12.1 Å². The Morgan fingerprint density at radius 3 is 2.47 bits per heavy atom. The zero-order chi connectivity index (χ0) is 13.1. The zero-order valence-corrected chi connectivity index (χ0v) is 10.6. The van der Waals surface area contributed by atoms with Crippen LogP contribution in [0.5, 0.6) is 0 Å². The molecule has 2 N–H and O–H groups in total. The summed E-state index contributed by atoms with van der Waals surface area (Å²) in [6, 6.07) is 2.85. The first kappa shape index (κ1) is 13.2. The van der Waals surface area contributed by atoms with Crippen molar-refractivity contribution in [2.24, 2.45) is 0 Å². The first-order valence-electron chi connectivity index (χ1n) is 5.50. The van der Waals surface area contributed by atoms with Crippen LogP contribution >= 0.6 is 0 Å². The zero-order valence-electron chi connectivity index (χ0n) is 10.6. The smallest absolute Gasteiger partial charge is 0.276 e. The molecule has 0 spiro atoms. The summed E-state index contributed by atoms with van der Waals surface area (Å²) in [5.74, 6) is 0.990. The van der Waals surface area contributed by atoms with Crippen LogP contribution in [0.2, 0.25) is 0 Å². The van der Waals surface area contributed by atoms with E-state index in [-0.39, 0.29) is 11.2 Å². The Balaban J connectivity index is 3.07. The number of pyridine rings is 1. The van der Waals surface area contributed by atoms with Gasteiger partial charge in [0.1, 0.15) is 11.6 Å². The van der Waals surface area contributed by atoms with Crippen LogP contribution in [0.1, 0.15) is 27.2 Å². The van der Waals surface area contributed by atoms with E-state index in [0.29, 0.717) is 11.6 Å². The fourth-order valence-corrected chi connectivity index (χ4v) is 1.25. The van der Waals surface area contributed by atoms with Crippen molar-refractivity contribution in [2.75, 3.05) is 17.7 Å². The largest absolute Gasteiger partial charge is 0.373 e. The first-order valence-corrected chi connectivity index (χ1v) is 5.50. The molecule has 0 saturated heterocycles. The summed E-state index contributed by atoms with van der Waals surface area (Å²) in [6.45, 7) is 6.09. The topological polar surface area (TPSA) is 80.1 Å². The van der Waals surface area contributed by atoms with Crippen molar-refractivity contribution in [3.8, 4) is 0 Å². The lowest BCUT2D eigenvalue weighted by atomic mass is 10.0. The molecule has 0 aliphatic carbocycles. The van der Waals surface area contributed by atoms with Crippen molar-refractivity contribution in [1.82, 2.24) is 4.98 Å². The van der Waals surface area contributed by atoms with Crippen molar-refractivity contribution >= 4 is 17.3 Å². The SMILES string of the molecule is CCC(C)(C)Nc1cc([N+](=O)[O-])cc(NC)n1. The Bertz CT molecular complexity index is 418. The minimum absolute atomic E-state index is 0.0266. The summed E-state index contributed by atoms with van der Waals surface area (Å²) in [5.41, 5.74) is -0.119. The first-order chi connectivity index (χ1) is 7.88. The number of nitrogens with zero attached hydrogens (tertiary/aromatic N) is 2. The van der Waals surface area contributed by atoms with Crippen LogP contribution in [-0.2, 0) is 0 Å². The lowest BCUT2D eigenvalue weighted by Gasteiger charge is -2.25. The number of aromatic nitrogens is 1. The molecule has 1 aromatic heterocycles. The van der Waals surface area contributed by atoms with Gasteiger partial charge in [-0.15, -0.1) is 0 Å². The number of hydrogen-bond acceptors (Lipinski definition) is 5. The molecular weight excluding hydrogens is 220 g/mol. The van der Waals surface area contributed by atoms with Crippen molar-refractivity contribution in [2.45, 2.75) is 32.7 Å². The second kappa shape index (κ2) is 4.99. The third-order valence-corrected chi connectivity index (χ3v) is 2.63. The van der Waals surface area contributed by atoms with Gasteiger partial charge in [0, 0.05) is 12.6 Å². The van der Waals surface area contributed by atoms with E-state index in [4.69, 9.17) is 0 Å². The van der Waals surface area contributed by atoms with Crippen LogP contribution in [0.15, 0.2) is 12.1 Å². The summed E-state index contributed by atoms with van der Waals surface area (Å²) < 4.78 is 0. The van der Waals surface area contributed by atoms with Gasteiger partial charge < -0.3 is 10.6 Å². The minimum atomic E-state index is -0.424. The fourth-order valence-electron chi connectivity index (χ4n) is 1.25. The van der Waals surface area contributed by atoms with Gasteiger partial charge in [-0.3, -0.25) is 10.1 Å². The van der Waals surface area contributed by atoms with E-state index >= 15 is 0 Å². The highest BCUT2D eigenvalue weighted by molar-refractivity contribution is 5.55. The van der Waals surface area contributed by atoms with E-state index in [0.717, 1.165) is 6.42 Å². The van der Waals surface area contributed by atoms with Gasteiger partial charge in [0.25, 0.3) is 5.69 Å². The molecule has 94 valence electrons. The molecule has 0 aliphatic heterocycles. The molecule has 1 heterocycles. The summed E-state index contributed by atoms with van der Waals surface area (Å²) in [7, 11) is 1.68. The molecule has 6 nitrogen and oxygen atoms in total. The Morgan fingerprint density at radius 2 is 2.00 bits per heavy atom. The maximum absolute atomic E-state index is 10.8. The van der Waals surface area contributed by atoms with Gasteiger partial charge >= 0.3 is 0 Å². The molecule has 0 aliphatic rings. The molecule has 1 rings (SSSR count). The Morgan fingerprint density at radius 1 is 1.41 bits per heavy atom. The van der Waals surface area contributed by atoms with Gasteiger partial charge in [-0.05, 0) is 20.3 Å². The molecule has 6 heteroatoms. The normalized spacial score (nSPS) is 11.1. The van der Waals surface area contributed by atoms with Crippen molar-refractivity contribution in [3.63, 3.8) is 0 Å². The molecule has 0 atom stereocenters. The van der Waals surface area contributed by atoms with Crippen molar-refractivity contribution in [1.29, 1.82) is 0 Å². The summed E-state index contributed by atoms with van der Waals surface area (Å²) >= 11 is 0. The predicted molar refractivity (Wildman–Crippen MR) is 68.4 cm³/mol. The summed E-state index contributed by atoms with van der Waals surface area (Å²) in [4.78, 5) is 14.6. The van der Waals surface area contributed by atoms with Crippen molar-refractivity contribution in [3.05, 3.63) is 22.2 Å². The number of nitrogens with one attached hydrogen (secondary N) is 2. The highest BCUT2D eigenvalue weighted by Crippen LogP contribution is 2.23. The number of rotatable bonds is 5. The maximum atomic E-state index is 10.8. The van der Waals surface area contributed by atoms with E-state index in [1.807, 2.05) is 20.8 Å². The fraction of sp³-hybridized carbons (Fsp3) is 0.545.